The van der Waals surface area contributed by atoms with E-state index in [1.807, 2.05) is 0 Å². The number of benzene rings is 1. The fourth-order valence-electron chi connectivity index (χ4n) is 2.63. The van der Waals surface area contributed by atoms with Crippen molar-refractivity contribution in [1.82, 2.24) is 0 Å². The largest absolute Gasteiger partial charge is 0.487 e. The quantitative estimate of drug-likeness (QED) is 0.374. The molecule has 0 saturated heterocycles. The molecule has 0 aromatic heterocycles. The molecular weight excluding hydrogens is 487 g/mol. The first-order valence-corrected chi connectivity index (χ1v) is 9.17. The van der Waals surface area contributed by atoms with Crippen molar-refractivity contribution >= 4 is 17.6 Å². The Morgan fingerprint density at radius 3 is 2.03 bits per heavy atom. The summed E-state index contributed by atoms with van der Waals surface area (Å²) in [5, 5.41) is 0. The first kappa shape index (κ1) is 27.0. The van der Waals surface area contributed by atoms with Gasteiger partial charge in [0.05, 0.1) is 32.1 Å². The summed E-state index contributed by atoms with van der Waals surface area (Å²) in [7, 11) is 2.01. The molecule has 0 unspecified atom stereocenters. The van der Waals surface area contributed by atoms with Gasteiger partial charge in [-0.3, -0.25) is 0 Å². The lowest BCUT2D eigenvalue weighted by Crippen LogP contribution is -2.38. The van der Waals surface area contributed by atoms with Crippen LogP contribution in [0.5, 0.6) is 11.5 Å². The van der Waals surface area contributed by atoms with Crippen molar-refractivity contribution < 1.29 is 64.0 Å². The van der Waals surface area contributed by atoms with Gasteiger partial charge in [-0.05, 0) is 0 Å². The van der Waals surface area contributed by atoms with E-state index in [2.05, 4.69) is 18.9 Å². The van der Waals surface area contributed by atoms with E-state index < -0.39 is 67.6 Å². The Morgan fingerprint density at radius 1 is 0.971 bits per heavy atom. The van der Waals surface area contributed by atoms with Crippen LogP contribution in [-0.2, 0) is 23.8 Å². The summed E-state index contributed by atoms with van der Waals surface area (Å²) in [5.41, 5.74) is -0.956. The number of anilines is 1. The number of esters is 2. The van der Waals surface area contributed by atoms with Crippen LogP contribution in [-0.4, -0.2) is 71.2 Å². The highest BCUT2D eigenvalue weighted by Gasteiger charge is 2.42. The van der Waals surface area contributed by atoms with E-state index in [9.17, 15) is 40.3 Å². The number of alkyl halides is 7. The Bertz CT molecular complexity index is 934. The van der Waals surface area contributed by atoms with E-state index >= 15 is 0 Å². The van der Waals surface area contributed by atoms with Crippen molar-refractivity contribution in [3.8, 4) is 11.5 Å². The standard InChI is InChI=1S/C19H18F7NO7/c1-30-15(28)13-6-32-9-27(14(13)16(29)31-2)10-3-11(33-7-18(22,23)17(20)21)5-12(4-10)34-8-19(24,25)26/h3-5,17H,6-9H2,1-2H3. The third-order valence-corrected chi connectivity index (χ3v) is 4.16. The summed E-state index contributed by atoms with van der Waals surface area (Å²) in [4.78, 5) is 25.4. The maximum absolute atomic E-state index is 13.3. The molecule has 0 fully saturated rings. The van der Waals surface area contributed by atoms with Gasteiger partial charge < -0.3 is 28.6 Å². The van der Waals surface area contributed by atoms with Crippen LogP contribution in [0, 0.1) is 0 Å². The minimum atomic E-state index is -4.77. The van der Waals surface area contributed by atoms with Crippen molar-refractivity contribution in [2.24, 2.45) is 0 Å². The molecule has 8 nitrogen and oxygen atoms in total. The van der Waals surface area contributed by atoms with Crippen LogP contribution < -0.4 is 14.4 Å². The monoisotopic (exact) mass is 505 g/mol. The molecule has 0 atom stereocenters. The summed E-state index contributed by atoms with van der Waals surface area (Å²) in [6.45, 7) is -4.43. The van der Waals surface area contributed by atoms with Crippen LogP contribution in [0.2, 0.25) is 0 Å². The van der Waals surface area contributed by atoms with Crippen molar-refractivity contribution in [1.29, 1.82) is 0 Å². The van der Waals surface area contributed by atoms with Crippen LogP contribution in [0.25, 0.3) is 0 Å². The number of ether oxygens (including phenoxy) is 5. The van der Waals surface area contributed by atoms with Gasteiger partial charge in [-0.15, -0.1) is 0 Å². The number of halogens is 7. The number of methoxy groups -OCH3 is 2. The fourth-order valence-corrected chi connectivity index (χ4v) is 2.63. The number of hydrogen-bond donors (Lipinski definition) is 0. The van der Waals surface area contributed by atoms with Gasteiger partial charge in [0, 0.05) is 18.2 Å². The van der Waals surface area contributed by atoms with Gasteiger partial charge in [0.25, 0.3) is 0 Å². The van der Waals surface area contributed by atoms with E-state index in [1.165, 1.54) is 0 Å². The first-order chi connectivity index (χ1) is 15.8. The van der Waals surface area contributed by atoms with Gasteiger partial charge in [0.15, 0.2) is 13.2 Å². The summed E-state index contributed by atoms with van der Waals surface area (Å²) in [6.07, 6.45) is -8.84. The number of hydrogen-bond acceptors (Lipinski definition) is 8. The molecule has 1 aromatic rings. The highest BCUT2D eigenvalue weighted by atomic mass is 19.4. The van der Waals surface area contributed by atoms with Crippen molar-refractivity contribution in [3.05, 3.63) is 29.5 Å². The highest BCUT2D eigenvalue weighted by molar-refractivity contribution is 6.03. The number of carbonyl (C=O) groups is 2. The van der Waals surface area contributed by atoms with Crippen molar-refractivity contribution in [3.63, 3.8) is 0 Å². The molecule has 34 heavy (non-hydrogen) atoms. The van der Waals surface area contributed by atoms with Gasteiger partial charge in [-0.2, -0.15) is 22.0 Å². The topological polar surface area (TPSA) is 83.5 Å². The Kier molecular flexibility index (Phi) is 8.58. The molecule has 0 bridgehead atoms. The Labute approximate surface area is 187 Å². The Balaban J connectivity index is 2.53. The van der Waals surface area contributed by atoms with E-state index in [4.69, 9.17) is 4.74 Å². The molecule has 1 aromatic carbocycles. The third-order valence-electron chi connectivity index (χ3n) is 4.16. The summed E-state index contributed by atoms with van der Waals surface area (Å²) >= 11 is 0. The molecule has 2 rings (SSSR count). The van der Waals surface area contributed by atoms with E-state index in [-0.39, 0.29) is 17.9 Å². The minimum Gasteiger partial charge on any atom is -0.487 e. The molecule has 0 N–H and O–H groups in total. The number of nitrogens with zero attached hydrogens (tertiary/aromatic N) is 1. The van der Waals surface area contributed by atoms with Crippen molar-refractivity contribution in [2.45, 2.75) is 18.5 Å². The summed E-state index contributed by atoms with van der Waals surface area (Å²) < 4.78 is 113. The third kappa shape index (κ3) is 6.88. The lowest BCUT2D eigenvalue weighted by atomic mass is 10.1. The molecule has 1 aliphatic heterocycles. The fraction of sp³-hybridized carbons (Fsp3) is 0.474. The SMILES string of the molecule is COC(=O)C1=C(C(=O)OC)N(c2cc(OCC(F)(F)F)cc(OCC(F)(F)C(F)F)c2)COC1. The maximum Gasteiger partial charge on any atom is 0.422 e. The zero-order chi connectivity index (χ0) is 25.7. The average molecular weight is 505 g/mol. The maximum atomic E-state index is 13.3. The van der Waals surface area contributed by atoms with E-state index in [0.29, 0.717) is 0 Å². The molecule has 0 saturated carbocycles. The molecule has 0 radical (unpaired) electrons. The summed E-state index contributed by atoms with van der Waals surface area (Å²) in [6, 6.07) is 2.65. The number of carbonyl (C=O) groups excluding carboxylic acids is 2. The van der Waals surface area contributed by atoms with Gasteiger partial charge in [0.2, 0.25) is 0 Å². The molecule has 0 spiro atoms. The predicted molar refractivity (Wildman–Crippen MR) is 98.8 cm³/mol. The smallest absolute Gasteiger partial charge is 0.422 e. The second-order valence-electron chi connectivity index (χ2n) is 6.63. The first-order valence-electron chi connectivity index (χ1n) is 9.17. The molecule has 15 heteroatoms. The zero-order valence-corrected chi connectivity index (χ0v) is 17.6. The second kappa shape index (κ2) is 10.8. The van der Waals surface area contributed by atoms with Crippen LogP contribution in [0.3, 0.4) is 0 Å². The van der Waals surface area contributed by atoms with Gasteiger partial charge in [-0.25, -0.2) is 18.4 Å². The molecule has 0 aliphatic carbocycles. The lowest BCUT2D eigenvalue weighted by Gasteiger charge is -2.31. The second-order valence-corrected chi connectivity index (χ2v) is 6.63. The van der Waals surface area contributed by atoms with Gasteiger partial charge in [0.1, 0.15) is 23.9 Å². The van der Waals surface area contributed by atoms with Gasteiger partial charge >= 0.3 is 30.5 Å². The Morgan fingerprint density at radius 2 is 1.53 bits per heavy atom. The zero-order valence-electron chi connectivity index (χ0n) is 17.6. The average Bonchev–Trinajstić information content (AvgIpc) is 2.79. The summed E-state index contributed by atoms with van der Waals surface area (Å²) in [5.74, 6) is -7.77. The molecule has 0 amide bonds. The van der Waals surface area contributed by atoms with Crippen LogP contribution in [0.4, 0.5) is 36.4 Å². The van der Waals surface area contributed by atoms with E-state index in [0.717, 1.165) is 37.3 Å². The lowest BCUT2D eigenvalue weighted by molar-refractivity contribution is -0.153. The number of rotatable bonds is 9. The normalized spacial score (nSPS) is 14.8. The molecular formula is C19H18F7NO7. The predicted octanol–water partition coefficient (Wildman–Crippen LogP) is 3.30. The van der Waals surface area contributed by atoms with Crippen LogP contribution >= 0.6 is 0 Å². The van der Waals surface area contributed by atoms with Crippen molar-refractivity contribution in [2.75, 3.05) is 45.7 Å². The Hall–Kier alpha value is -3.23. The minimum absolute atomic E-state index is 0.225. The van der Waals surface area contributed by atoms with Crippen LogP contribution in [0.1, 0.15) is 0 Å². The molecule has 1 heterocycles. The highest BCUT2D eigenvalue weighted by Crippen LogP contribution is 2.35. The van der Waals surface area contributed by atoms with Crippen LogP contribution in [0.15, 0.2) is 29.5 Å². The molecule has 1 aliphatic rings. The van der Waals surface area contributed by atoms with E-state index in [1.54, 1.807) is 0 Å². The van der Waals surface area contributed by atoms with Gasteiger partial charge in [-0.1, -0.05) is 0 Å². The molecule has 190 valence electrons.